The van der Waals surface area contributed by atoms with Crippen molar-refractivity contribution in [3.8, 4) is 0 Å². The van der Waals surface area contributed by atoms with E-state index in [0.29, 0.717) is 25.2 Å². The van der Waals surface area contributed by atoms with Gasteiger partial charge in [0.15, 0.2) is 0 Å². The van der Waals surface area contributed by atoms with Gasteiger partial charge in [-0.25, -0.2) is 0 Å². The van der Waals surface area contributed by atoms with Crippen molar-refractivity contribution in [1.29, 1.82) is 0 Å². The second-order valence-corrected chi connectivity index (χ2v) is 14.2. The molecule has 0 unspecified atom stereocenters. The molecule has 8 nitrogen and oxygen atoms in total. The third-order valence-electron chi connectivity index (χ3n) is 11.1. The van der Waals surface area contributed by atoms with Crippen molar-refractivity contribution < 1.29 is 14.3 Å². The summed E-state index contributed by atoms with van der Waals surface area (Å²) in [4.78, 5) is 39.1. The molecule has 2 aliphatic heterocycles. The van der Waals surface area contributed by atoms with Gasteiger partial charge in [0, 0.05) is 66.6 Å². The van der Waals surface area contributed by atoms with Crippen molar-refractivity contribution in [1.82, 2.24) is 14.8 Å². The van der Waals surface area contributed by atoms with E-state index in [2.05, 4.69) is 89.2 Å². The van der Waals surface area contributed by atoms with Crippen LogP contribution in [0.15, 0.2) is 48.5 Å². The minimum Gasteiger partial charge on any atom is -0.378 e. The topological polar surface area (TPSA) is 80.9 Å². The number of aromatic amines is 1. The van der Waals surface area contributed by atoms with Gasteiger partial charge in [0.2, 0.25) is 11.8 Å². The molecular weight excluding hydrogens is 550 g/mol. The molecule has 0 spiro atoms. The molecule has 4 fully saturated rings. The molecule has 3 heterocycles. The fourth-order valence-electron chi connectivity index (χ4n) is 8.20. The third kappa shape index (κ3) is 5.20. The summed E-state index contributed by atoms with van der Waals surface area (Å²) < 4.78 is 5.50. The summed E-state index contributed by atoms with van der Waals surface area (Å²) in [5, 5.41) is 4.53. The lowest BCUT2D eigenvalue weighted by molar-refractivity contribution is -0.150. The van der Waals surface area contributed by atoms with Crippen LogP contribution in [0.1, 0.15) is 63.1 Å². The number of H-pyrrole nitrogens is 1. The summed E-state index contributed by atoms with van der Waals surface area (Å²) in [6.07, 6.45) is 3.74. The molecule has 234 valence electrons. The van der Waals surface area contributed by atoms with E-state index < -0.39 is 5.54 Å². The molecule has 8 heteroatoms. The fraction of sp³-hybridized carbons (Fsp3) is 0.556. The molecule has 4 aliphatic rings. The highest BCUT2D eigenvalue weighted by atomic mass is 16.5. The summed E-state index contributed by atoms with van der Waals surface area (Å²) in [6, 6.07) is 16.8. The number of likely N-dealkylation sites (tertiary alicyclic amines) is 1. The lowest BCUT2D eigenvalue weighted by atomic mass is 9.83. The van der Waals surface area contributed by atoms with E-state index in [1.165, 1.54) is 16.6 Å². The van der Waals surface area contributed by atoms with Gasteiger partial charge in [-0.1, -0.05) is 32.0 Å². The van der Waals surface area contributed by atoms with E-state index in [1.54, 1.807) is 0 Å². The molecule has 7 rings (SSSR count). The number of aromatic nitrogens is 1. The van der Waals surface area contributed by atoms with Crippen molar-refractivity contribution in [3.63, 3.8) is 0 Å². The number of hydrogen-bond acceptors (Lipinski definition) is 5. The first-order valence-corrected chi connectivity index (χ1v) is 16.5. The van der Waals surface area contributed by atoms with Gasteiger partial charge in [-0.05, 0) is 92.8 Å². The number of hydrogen-bond donors (Lipinski definition) is 2. The highest BCUT2D eigenvalue weighted by molar-refractivity contribution is 6.01. The van der Waals surface area contributed by atoms with Crippen LogP contribution < -0.4 is 10.2 Å². The molecule has 2 atom stereocenters. The average molecular weight is 598 g/mol. The van der Waals surface area contributed by atoms with Crippen LogP contribution in [-0.4, -0.2) is 84.6 Å². The Morgan fingerprint density at radius 1 is 1.00 bits per heavy atom. The second kappa shape index (κ2) is 11.2. The van der Waals surface area contributed by atoms with Gasteiger partial charge in [0.25, 0.3) is 0 Å². The van der Waals surface area contributed by atoms with Crippen LogP contribution >= 0.6 is 0 Å². The van der Waals surface area contributed by atoms with E-state index in [0.717, 1.165) is 69.1 Å². The van der Waals surface area contributed by atoms with Crippen molar-refractivity contribution in [2.75, 3.05) is 56.7 Å². The zero-order valence-corrected chi connectivity index (χ0v) is 26.7. The number of aryl methyl sites for hydroxylation is 1. The van der Waals surface area contributed by atoms with E-state index >= 15 is 0 Å². The maximum atomic E-state index is 14.5. The van der Waals surface area contributed by atoms with Crippen LogP contribution in [0, 0.1) is 18.3 Å². The molecule has 0 bridgehead atoms. The Morgan fingerprint density at radius 2 is 1.68 bits per heavy atom. The van der Waals surface area contributed by atoms with Gasteiger partial charge in [-0.3, -0.25) is 9.59 Å². The summed E-state index contributed by atoms with van der Waals surface area (Å²) >= 11 is 0. The monoisotopic (exact) mass is 597 g/mol. The van der Waals surface area contributed by atoms with Crippen molar-refractivity contribution in [2.24, 2.45) is 11.3 Å². The van der Waals surface area contributed by atoms with Crippen LogP contribution in [0.5, 0.6) is 0 Å². The zero-order valence-electron chi connectivity index (χ0n) is 26.7. The molecule has 2 saturated carbocycles. The Bertz CT molecular complexity index is 1530. The van der Waals surface area contributed by atoms with Gasteiger partial charge >= 0.3 is 0 Å². The molecule has 2 amide bonds. The number of nitrogens with zero attached hydrogens (tertiary/aromatic N) is 3. The second-order valence-electron chi connectivity index (χ2n) is 14.2. The van der Waals surface area contributed by atoms with Crippen LogP contribution in [0.25, 0.3) is 10.9 Å². The SMILES string of the molecule is Cc1[nH]c2ccccc2c1[C@@H]1[C@H](CC(=O)N(C2CC2)C2(C(=O)Nc3ccc(N4CCOCC4)cc3)CCN(C)CC2)C1(C)C. The van der Waals surface area contributed by atoms with Crippen LogP contribution in [-0.2, 0) is 14.3 Å². The molecule has 2 saturated heterocycles. The number of amides is 2. The van der Waals surface area contributed by atoms with Crippen LogP contribution in [0.3, 0.4) is 0 Å². The molecule has 2 N–H and O–H groups in total. The quantitative estimate of drug-likeness (QED) is 0.357. The first-order chi connectivity index (χ1) is 21.2. The lowest BCUT2D eigenvalue weighted by Crippen LogP contribution is -2.64. The van der Waals surface area contributed by atoms with Crippen LogP contribution in [0.4, 0.5) is 11.4 Å². The largest absolute Gasteiger partial charge is 0.378 e. The predicted molar refractivity (Wildman–Crippen MR) is 175 cm³/mol. The normalized spacial score (nSPS) is 24.7. The smallest absolute Gasteiger partial charge is 0.250 e. The summed E-state index contributed by atoms with van der Waals surface area (Å²) in [6.45, 7) is 11.6. The van der Waals surface area contributed by atoms with Gasteiger partial charge in [0.05, 0.1) is 13.2 Å². The number of rotatable bonds is 8. The summed E-state index contributed by atoms with van der Waals surface area (Å²) in [5.41, 5.74) is 4.82. The van der Waals surface area contributed by atoms with Crippen molar-refractivity contribution in [2.45, 2.75) is 70.4 Å². The summed E-state index contributed by atoms with van der Waals surface area (Å²) in [5.74, 6) is 0.668. The number of anilines is 2. The van der Waals surface area contributed by atoms with Crippen molar-refractivity contribution >= 4 is 34.1 Å². The first-order valence-electron chi connectivity index (χ1n) is 16.5. The molecule has 1 aromatic heterocycles. The predicted octanol–water partition coefficient (Wildman–Crippen LogP) is 5.54. The van der Waals surface area contributed by atoms with E-state index in [9.17, 15) is 9.59 Å². The number of para-hydroxylation sites is 1. The Morgan fingerprint density at radius 3 is 2.36 bits per heavy atom. The van der Waals surface area contributed by atoms with Gasteiger partial charge < -0.3 is 29.7 Å². The molecule has 2 aliphatic carbocycles. The Labute approximate surface area is 261 Å². The first kappa shape index (κ1) is 29.4. The van der Waals surface area contributed by atoms with E-state index in [1.807, 2.05) is 12.1 Å². The Kier molecular flexibility index (Phi) is 7.48. The Hall–Kier alpha value is -3.36. The standard InChI is InChI=1S/C36H47N5O3/c1-24-32(28-7-5-6-8-30(28)37-24)33-29(35(33,2)3)23-31(42)41(27-13-14-27)36(15-17-39(4)18-16-36)34(43)38-25-9-11-26(12-10-25)40-19-21-44-22-20-40/h5-12,27,29,33,37H,13-23H2,1-4H3,(H,38,43)/t29-,33-/m0/s1. The van der Waals surface area contributed by atoms with E-state index in [4.69, 9.17) is 4.74 Å². The number of carbonyl (C=O) groups is 2. The summed E-state index contributed by atoms with van der Waals surface area (Å²) in [7, 11) is 2.11. The van der Waals surface area contributed by atoms with Crippen LogP contribution in [0.2, 0.25) is 0 Å². The highest BCUT2D eigenvalue weighted by Crippen LogP contribution is 2.67. The number of carbonyl (C=O) groups excluding carboxylic acids is 2. The Balaban J connectivity index is 1.13. The van der Waals surface area contributed by atoms with Gasteiger partial charge in [-0.2, -0.15) is 0 Å². The van der Waals surface area contributed by atoms with Gasteiger partial charge in [0.1, 0.15) is 5.54 Å². The highest BCUT2D eigenvalue weighted by Gasteiger charge is 2.61. The third-order valence-corrected chi connectivity index (χ3v) is 11.1. The average Bonchev–Trinajstić information content (AvgIpc) is 3.91. The number of piperidine rings is 1. The number of fused-ring (bicyclic) bond motifs is 1. The fourth-order valence-corrected chi connectivity index (χ4v) is 8.20. The molecule has 44 heavy (non-hydrogen) atoms. The number of benzene rings is 2. The number of ether oxygens (including phenoxy) is 1. The minimum absolute atomic E-state index is 0.0189. The molecular formula is C36H47N5O3. The molecule has 3 aromatic rings. The zero-order chi connectivity index (χ0) is 30.6. The minimum atomic E-state index is -0.834. The lowest BCUT2D eigenvalue weighted by Gasteiger charge is -2.47. The van der Waals surface area contributed by atoms with E-state index in [-0.39, 0.29) is 29.2 Å². The number of morpholine rings is 1. The maximum Gasteiger partial charge on any atom is 0.250 e. The molecule has 2 aromatic carbocycles. The maximum absolute atomic E-state index is 14.5. The van der Waals surface area contributed by atoms with Gasteiger partial charge in [-0.15, -0.1) is 0 Å². The molecule has 0 radical (unpaired) electrons. The number of nitrogens with one attached hydrogen (secondary N) is 2. The van der Waals surface area contributed by atoms with Crippen molar-refractivity contribution in [3.05, 3.63) is 59.8 Å².